The second kappa shape index (κ2) is 7.33. The van der Waals surface area contributed by atoms with Crippen molar-refractivity contribution < 1.29 is 13.9 Å². The van der Waals surface area contributed by atoms with Gasteiger partial charge >= 0.3 is 0 Å². The van der Waals surface area contributed by atoms with Gasteiger partial charge < -0.3 is 14.5 Å². The van der Waals surface area contributed by atoms with Gasteiger partial charge in [-0.3, -0.25) is 9.69 Å². The van der Waals surface area contributed by atoms with E-state index in [1.165, 1.54) is 0 Å². The Labute approximate surface area is 134 Å². The highest BCUT2D eigenvalue weighted by Crippen LogP contribution is 2.27. The van der Waals surface area contributed by atoms with Crippen LogP contribution in [0.2, 0.25) is 5.02 Å². The van der Waals surface area contributed by atoms with Crippen LogP contribution < -0.4 is 10.1 Å². The van der Waals surface area contributed by atoms with Gasteiger partial charge in [0.1, 0.15) is 11.5 Å². The lowest BCUT2D eigenvalue weighted by Gasteiger charge is -2.23. The number of rotatable bonds is 6. The first-order chi connectivity index (χ1) is 10.5. The number of ether oxygens (including phenoxy) is 1. The number of nitrogens with one attached hydrogen (secondary N) is 1. The maximum atomic E-state index is 12.4. The molecule has 1 atom stereocenters. The molecule has 0 aliphatic heterocycles. The van der Waals surface area contributed by atoms with Crippen LogP contribution in [-0.4, -0.2) is 31.0 Å². The number of anilines is 1. The zero-order chi connectivity index (χ0) is 16.1. The lowest BCUT2D eigenvalue weighted by molar-refractivity contribution is -0.120. The number of methoxy groups -OCH3 is 1. The minimum absolute atomic E-state index is 0.144. The molecule has 0 bridgehead atoms. The van der Waals surface area contributed by atoms with Crippen LogP contribution in [0.4, 0.5) is 5.69 Å². The summed E-state index contributed by atoms with van der Waals surface area (Å²) in [7, 11) is 3.41. The van der Waals surface area contributed by atoms with Gasteiger partial charge in [0, 0.05) is 5.02 Å². The molecule has 1 aromatic carbocycles. The molecular formula is C16H19ClN2O3. The molecule has 1 N–H and O–H groups in total. The number of halogens is 1. The summed E-state index contributed by atoms with van der Waals surface area (Å²) in [6.45, 7) is 2.38. The van der Waals surface area contributed by atoms with E-state index in [0.717, 1.165) is 5.76 Å². The number of hydrogen-bond acceptors (Lipinski definition) is 4. The van der Waals surface area contributed by atoms with Gasteiger partial charge in [-0.25, -0.2) is 0 Å². The summed E-state index contributed by atoms with van der Waals surface area (Å²) in [5, 5.41) is 3.38. The topological polar surface area (TPSA) is 54.7 Å². The summed E-state index contributed by atoms with van der Waals surface area (Å²) in [4.78, 5) is 14.3. The average Bonchev–Trinajstić information content (AvgIpc) is 2.99. The Morgan fingerprint density at radius 1 is 1.45 bits per heavy atom. The molecule has 2 aromatic rings. The number of amides is 1. The summed E-state index contributed by atoms with van der Waals surface area (Å²) < 4.78 is 10.5. The SMILES string of the molecule is COc1ccc(Cl)cc1NC(=O)[C@H](C)N(C)Cc1ccco1. The predicted molar refractivity (Wildman–Crippen MR) is 86.3 cm³/mol. The summed E-state index contributed by atoms with van der Waals surface area (Å²) in [6.07, 6.45) is 1.62. The number of likely N-dealkylation sites (N-methyl/N-ethyl adjacent to an activating group) is 1. The van der Waals surface area contributed by atoms with E-state index in [4.69, 9.17) is 20.8 Å². The molecule has 0 aliphatic rings. The summed E-state index contributed by atoms with van der Waals surface area (Å²) in [6, 6.07) is 8.45. The van der Waals surface area contributed by atoms with E-state index in [0.29, 0.717) is 23.0 Å². The Hall–Kier alpha value is -1.98. The fourth-order valence-electron chi connectivity index (χ4n) is 2.00. The Balaban J connectivity index is 2.03. The molecule has 0 fully saturated rings. The van der Waals surface area contributed by atoms with Crippen LogP contribution >= 0.6 is 11.6 Å². The monoisotopic (exact) mass is 322 g/mol. The highest BCUT2D eigenvalue weighted by molar-refractivity contribution is 6.31. The fourth-order valence-corrected chi connectivity index (χ4v) is 2.17. The molecule has 22 heavy (non-hydrogen) atoms. The van der Waals surface area contributed by atoms with Crippen molar-refractivity contribution in [2.24, 2.45) is 0 Å². The molecule has 0 spiro atoms. The normalized spacial score (nSPS) is 12.2. The molecule has 5 nitrogen and oxygen atoms in total. The number of nitrogens with zero attached hydrogens (tertiary/aromatic N) is 1. The average molecular weight is 323 g/mol. The van der Waals surface area contributed by atoms with E-state index < -0.39 is 0 Å². The lowest BCUT2D eigenvalue weighted by atomic mass is 10.2. The third-order valence-corrected chi connectivity index (χ3v) is 3.68. The van der Waals surface area contributed by atoms with Crippen LogP contribution in [0, 0.1) is 0 Å². The minimum Gasteiger partial charge on any atom is -0.495 e. The van der Waals surface area contributed by atoms with E-state index in [9.17, 15) is 4.79 Å². The Morgan fingerprint density at radius 2 is 2.23 bits per heavy atom. The van der Waals surface area contributed by atoms with Crippen molar-refractivity contribution in [1.82, 2.24) is 4.90 Å². The first kappa shape index (κ1) is 16.4. The molecule has 6 heteroatoms. The maximum absolute atomic E-state index is 12.4. The molecule has 0 unspecified atom stereocenters. The number of carbonyl (C=O) groups is 1. The summed E-state index contributed by atoms with van der Waals surface area (Å²) in [5.74, 6) is 1.23. The summed E-state index contributed by atoms with van der Waals surface area (Å²) >= 11 is 5.96. The molecule has 0 saturated heterocycles. The van der Waals surface area contributed by atoms with Gasteiger partial charge in [-0.05, 0) is 44.3 Å². The van der Waals surface area contributed by atoms with E-state index in [1.54, 1.807) is 31.6 Å². The van der Waals surface area contributed by atoms with E-state index in [2.05, 4.69) is 5.32 Å². The van der Waals surface area contributed by atoms with Crippen LogP contribution in [0.15, 0.2) is 41.0 Å². The number of furan rings is 1. The lowest BCUT2D eigenvalue weighted by Crippen LogP contribution is -2.39. The van der Waals surface area contributed by atoms with Gasteiger partial charge in [-0.1, -0.05) is 11.6 Å². The van der Waals surface area contributed by atoms with Gasteiger partial charge in [0.25, 0.3) is 0 Å². The Kier molecular flexibility index (Phi) is 5.46. The largest absolute Gasteiger partial charge is 0.495 e. The van der Waals surface area contributed by atoms with E-state index in [-0.39, 0.29) is 11.9 Å². The van der Waals surface area contributed by atoms with E-state index in [1.807, 2.05) is 31.0 Å². The molecule has 118 valence electrons. The minimum atomic E-state index is -0.339. The van der Waals surface area contributed by atoms with Crippen LogP contribution in [0.5, 0.6) is 5.75 Å². The predicted octanol–water partition coefficient (Wildman–Crippen LogP) is 3.40. The highest BCUT2D eigenvalue weighted by Gasteiger charge is 2.20. The van der Waals surface area contributed by atoms with Crippen molar-refractivity contribution in [2.45, 2.75) is 19.5 Å². The molecule has 0 saturated carbocycles. The van der Waals surface area contributed by atoms with Crippen molar-refractivity contribution in [1.29, 1.82) is 0 Å². The van der Waals surface area contributed by atoms with Crippen molar-refractivity contribution >= 4 is 23.2 Å². The van der Waals surface area contributed by atoms with Crippen molar-refractivity contribution in [2.75, 3.05) is 19.5 Å². The van der Waals surface area contributed by atoms with Gasteiger partial charge in [0.05, 0.1) is 31.6 Å². The maximum Gasteiger partial charge on any atom is 0.241 e. The molecule has 0 aliphatic carbocycles. The number of benzene rings is 1. The van der Waals surface area contributed by atoms with Crippen molar-refractivity contribution in [3.8, 4) is 5.75 Å². The first-order valence-corrected chi connectivity index (χ1v) is 7.26. The van der Waals surface area contributed by atoms with Crippen LogP contribution in [0.1, 0.15) is 12.7 Å². The second-order valence-electron chi connectivity index (χ2n) is 5.00. The van der Waals surface area contributed by atoms with Gasteiger partial charge in [0.15, 0.2) is 0 Å². The Morgan fingerprint density at radius 3 is 2.86 bits per heavy atom. The molecule has 2 rings (SSSR count). The number of carbonyl (C=O) groups excluding carboxylic acids is 1. The van der Waals surface area contributed by atoms with E-state index >= 15 is 0 Å². The third kappa shape index (κ3) is 4.02. The zero-order valence-electron chi connectivity index (χ0n) is 12.8. The molecule has 0 radical (unpaired) electrons. The first-order valence-electron chi connectivity index (χ1n) is 6.88. The van der Waals surface area contributed by atoms with Gasteiger partial charge in [-0.2, -0.15) is 0 Å². The molecular weight excluding hydrogens is 304 g/mol. The van der Waals surface area contributed by atoms with Crippen LogP contribution in [-0.2, 0) is 11.3 Å². The zero-order valence-corrected chi connectivity index (χ0v) is 13.6. The Bertz CT molecular complexity index is 628. The number of hydrogen-bond donors (Lipinski definition) is 1. The van der Waals surface area contributed by atoms with Crippen molar-refractivity contribution in [3.63, 3.8) is 0 Å². The van der Waals surface area contributed by atoms with Crippen LogP contribution in [0.3, 0.4) is 0 Å². The highest BCUT2D eigenvalue weighted by atomic mass is 35.5. The molecule has 1 amide bonds. The van der Waals surface area contributed by atoms with Gasteiger partial charge in [0.2, 0.25) is 5.91 Å². The standard InChI is InChI=1S/C16H19ClN2O3/c1-11(19(2)10-13-5-4-8-22-13)16(20)18-14-9-12(17)6-7-15(14)21-3/h4-9,11H,10H2,1-3H3,(H,18,20)/t11-/m0/s1. The molecule has 1 aromatic heterocycles. The van der Waals surface area contributed by atoms with Crippen LogP contribution in [0.25, 0.3) is 0 Å². The van der Waals surface area contributed by atoms with Gasteiger partial charge in [-0.15, -0.1) is 0 Å². The fraction of sp³-hybridized carbons (Fsp3) is 0.312. The molecule has 1 heterocycles. The second-order valence-corrected chi connectivity index (χ2v) is 5.44. The van der Waals surface area contributed by atoms with Crippen molar-refractivity contribution in [3.05, 3.63) is 47.4 Å². The quantitative estimate of drug-likeness (QED) is 0.885. The third-order valence-electron chi connectivity index (χ3n) is 3.45. The summed E-state index contributed by atoms with van der Waals surface area (Å²) in [5.41, 5.74) is 0.554. The smallest absolute Gasteiger partial charge is 0.241 e.